The molecule has 0 fully saturated rings. The van der Waals surface area contributed by atoms with Gasteiger partial charge in [-0.25, -0.2) is 13.1 Å². The van der Waals surface area contributed by atoms with Gasteiger partial charge in [0, 0.05) is 35.2 Å². The standard InChI is InChI=1S/C15H15ClN2O4S2/c16-13-4-1-3-12(9-13)11-23-8-7-17-24(21,22)15-6-2-5-14(10-15)18(19)20/h1-6,9-10,17H,7-8,11H2. The number of benzene rings is 2. The topological polar surface area (TPSA) is 89.3 Å². The Kier molecular flexibility index (Phi) is 6.61. The summed E-state index contributed by atoms with van der Waals surface area (Å²) >= 11 is 7.46. The van der Waals surface area contributed by atoms with Crippen LogP contribution in [-0.4, -0.2) is 25.6 Å². The van der Waals surface area contributed by atoms with Crippen molar-refractivity contribution in [3.63, 3.8) is 0 Å². The highest BCUT2D eigenvalue weighted by molar-refractivity contribution is 7.98. The molecule has 0 heterocycles. The Morgan fingerprint density at radius 3 is 2.62 bits per heavy atom. The van der Waals surface area contributed by atoms with Crippen LogP contribution in [0, 0.1) is 10.1 Å². The van der Waals surface area contributed by atoms with E-state index in [-0.39, 0.29) is 17.1 Å². The molecule has 128 valence electrons. The van der Waals surface area contributed by atoms with Gasteiger partial charge < -0.3 is 0 Å². The molecule has 0 saturated heterocycles. The van der Waals surface area contributed by atoms with Crippen LogP contribution in [0.15, 0.2) is 53.4 Å². The highest BCUT2D eigenvalue weighted by Crippen LogP contribution is 2.18. The Morgan fingerprint density at radius 2 is 1.92 bits per heavy atom. The number of hydrogen-bond acceptors (Lipinski definition) is 5. The van der Waals surface area contributed by atoms with E-state index in [2.05, 4.69) is 4.72 Å². The molecule has 0 atom stereocenters. The van der Waals surface area contributed by atoms with Crippen molar-refractivity contribution in [3.8, 4) is 0 Å². The molecular formula is C15H15ClN2O4S2. The second kappa shape index (κ2) is 8.48. The summed E-state index contributed by atoms with van der Waals surface area (Å²) in [6.45, 7) is 0.232. The predicted octanol–water partition coefficient (Wildman–Crippen LogP) is 3.46. The number of thioether (sulfide) groups is 1. The van der Waals surface area contributed by atoms with E-state index in [1.54, 1.807) is 17.8 Å². The molecule has 0 spiro atoms. The second-order valence-electron chi connectivity index (χ2n) is 4.83. The van der Waals surface area contributed by atoms with E-state index in [9.17, 15) is 18.5 Å². The molecule has 2 rings (SSSR count). The summed E-state index contributed by atoms with van der Waals surface area (Å²) in [5, 5.41) is 11.4. The van der Waals surface area contributed by atoms with E-state index >= 15 is 0 Å². The summed E-state index contributed by atoms with van der Waals surface area (Å²) in [6, 6.07) is 12.4. The van der Waals surface area contributed by atoms with Crippen molar-refractivity contribution < 1.29 is 13.3 Å². The summed E-state index contributed by atoms with van der Waals surface area (Å²) in [6.07, 6.45) is 0. The average molecular weight is 387 g/mol. The summed E-state index contributed by atoms with van der Waals surface area (Å²) in [4.78, 5) is 9.98. The molecular weight excluding hydrogens is 372 g/mol. The van der Waals surface area contributed by atoms with Crippen LogP contribution >= 0.6 is 23.4 Å². The van der Waals surface area contributed by atoms with Crippen LogP contribution in [0.25, 0.3) is 0 Å². The highest BCUT2D eigenvalue weighted by atomic mass is 35.5. The van der Waals surface area contributed by atoms with E-state index in [0.29, 0.717) is 10.8 Å². The zero-order valence-electron chi connectivity index (χ0n) is 12.5. The van der Waals surface area contributed by atoms with Crippen molar-refractivity contribution in [2.45, 2.75) is 10.6 Å². The van der Waals surface area contributed by atoms with Crippen LogP contribution in [0.4, 0.5) is 5.69 Å². The van der Waals surface area contributed by atoms with Crippen molar-refractivity contribution in [1.29, 1.82) is 0 Å². The Labute approximate surface area is 149 Å². The van der Waals surface area contributed by atoms with Crippen molar-refractivity contribution >= 4 is 39.1 Å². The van der Waals surface area contributed by atoms with Gasteiger partial charge in [0.1, 0.15) is 0 Å². The first-order valence-electron chi connectivity index (χ1n) is 6.95. The van der Waals surface area contributed by atoms with Crippen LogP contribution in [0.5, 0.6) is 0 Å². The quantitative estimate of drug-likeness (QED) is 0.426. The lowest BCUT2D eigenvalue weighted by atomic mass is 10.2. The Morgan fingerprint density at radius 1 is 1.17 bits per heavy atom. The first-order valence-corrected chi connectivity index (χ1v) is 9.96. The molecule has 0 bridgehead atoms. The maximum atomic E-state index is 12.1. The zero-order chi connectivity index (χ0) is 17.6. The Hall–Kier alpha value is -1.61. The van der Waals surface area contributed by atoms with Gasteiger partial charge in [0.25, 0.3) is 5.69 Å². The lowest BCUT2D eigenvalue weighted by Gasteiger charge is -2.07. The van der Waals surface area contributed by atoms with Gasteiger partial charge in [-0.15, -0.1) is 0 Å². The number of rotatable bonds is 8. The van der Waals surface area contributed by atoms with Crippen LogP contribution in [-0.2, 0) is 15.8 Å². The first kappa shape index (κ1) is 18.7. The summed E-state index contributed by atoms with van der Waals surface area (Å²) in [5.41, 5.74) is 0.808. The summed E-state index contributed by atoms with van der Waals surface area (Å²) in [7, 11) is -3.76. The van der Waals surface area contributed by atoms with Crippen molar-refractivity contribution in [2.75, 3.05) is 12.3 Å². The molecule has 2 aromatic carbocycles. The minimum absolute atomic E-state index is 0.114. The van der Waals surface area contributed by atoms with Gasteiger partial charge >= 0.3 is 0 Å². The number of halogens is 1. The monoisotopic (exact) mass is 386 g/mol. The van der Waals surface area contributed by atoms with E-state index in [0.717, 1.165) is 17.4 Å². The number of sulfonamides is 1. The normalized spacial score (nSPS) is 11.4. The molecule has 24 heavy (non-hydrogen) atoms. The summed E-state index contributed by atoms with van der Waals surface area (Å²) < 4.78 is 26.7. The molecule has 9 heteroatoms. The Bertz CT molecular complexity index is 828. The third-order valence-corrected chi connectivity index (χ3v) is 5.76. The number of nitro benzene ring substituents is 1. The number of nitrogens with zero attached hydrogens (tertiary/aromatic N) is 1. The number of nitro groups is 1. The van der Waals surface area contributed by atoms with E-state index in [1.165, 1.54) is 18.2 Å². The van der Waals surface area contributed by atoms with Crippen molar-refractivity contribution in [1.82, 2.24) is 4.72 Å². The average Bonchev–Trinajstić information content (AvgIpc) is 2.54. The first-order chi connectivity index (χ1) is 11.4. The van der Waals surface area contributed by atoms with Gasteiger partial charge in [-0.05, 0) is 23.8 Å². The molecule has 0 aliphatic carbocycles. The maximum absolute atomic E-state index is 12.1. The minimum Gasteiger partial charge on any atom is -0.258 e. The molecule has 0 aromatic heterocycles. The fraction of sp³-hybridized carbons (Fsp3) is 0.200. The third kappa shape index (κ3) is 5.48. The van der Waals surface area contributed by atoms with Crippen LogP contribution in [0.3, 0.4) is 0 Å². The smallest absolute Gasteiger partial charge is 0.258 e. The number of non-ortho nitro benzene ring substituents is 1. The number of hydrogen-bond donors (Lipinski definition) is 1. The fourth-order valence-electron chi connectivity index (χ4n) is 1.91. The molecule has 2 aromatic rings. The SMILES string of the molecule is O=[N+]([O-])c1cccc(S(=O)(=O)NCCSCc2cccc(Cl)c2)c1. The van der Waals surface area contributed by atoms with Gasteiger partial charge in [-0.1, -0.05) is 29.8 Å². The molecule has 0 radical (unpaired) electrons. The molecule has 6 nitrogen and oxygen atoms in total. The van der Waals surface area contributed by atoms with Gasteiger partial charge in [-0.3, -0.25) is 10.1 Å². The van der Waals surface area contributed by atoms with Gasteiger partial charge in [0.2, 0.25) is 10.0 Å². The predicted molar refractivity (Wildman–Crippen MR) is 95.9 cm³/mol. The highest BCUT2D eigenvalue weighted by Gasteiger charge is 2.16. The van der Waals surface area contributed by atoms with Crippen molar-refractivity contribution in [2.24, 2.45) is 0 Å². The zero-order valence-corrected chi connectivity index (χ0v) is 14.9. The molecule has 1 N–H and O–H groups in total. The molecule has 0 aliphatic heterocycles. The van der Waals surface area contributed by atoms with E-state index < -0.39 is 14.9 Å². The number of nitrogens with one attached hydrogen (secondary N) is 1. The van der Waals surface area contributed by atoms with Gasteiger partial charge in [0.05, 0.1) is 9.82 Å². The van der Waals surface area contributed by atoms with Crippen LogP contribution in [0.2, 0.25) is 5.02 Å². The van der Waals surface area contributed by atoms with E-state index in [4.69, 9.17) is 11.6 Å². The lowest BCUT2D eigenvalue weighted by Crippen LogP contribution is -2.26. The Balaban J connectivity index is 1.85. The third-order valence-electron chi connectivity index (χ3n) is 3.03. The van der Waals surface area contributed by atoms with Gasteiger partial charge in [0.15, 0.2) is 0 Å². The van der Waals surface area contributed by atoms with Crippen molar-refractivity contribution in [3.05, 3.63) is 69.2 Å². The minimum atomic E-state index is -3.76. The summed E-state index contributed by atoms with van der Waals surface area (Å²) in [5.74, 6) is 1.29. The lowest BCUT2D eigenvalue weighted by molar-refractivity contribution is -0.385. The molecule has 0 amide bonds. The molecule has 0 saturated carbocycles. The fourth-order valence-corrected chi connectivity index (χ4v) is 4.13. The molecule has 0 aliphatic rings. The van der Waals surface area contributed by atoms with E-state index in [1.807, 2.05) is 18.2 Å². The van der Waals surface area contributed by atoms with Gasteiger partial charge in [-0.2, -0.15) is 11.8 Å². The largest absolute Gasteiger partial charge is 0.270 e. The maximum Gasteiger partial charge on any atom is 0.270 e. The van der Waals surface area contributed by atoms with Crippen LogP contribution in [0.1, 0.15) is 5.56 Å². The second-order valence-corrected chi connectivity index (χ2v) is 8.14. The van der Waals surface area contributed by atoms with Crippen LogP contribution < -0.4 is 4.72 Å². The molecule has 0 unspecified atom stereocenters.